The third-order valence-electron chi connectivity index (χ3n) is 4.95. The Balaban J connectivity index is 1.47. The maximum absolute atomic E-state index is 12.4. The SMILES string of the molecule is CN(CC(=O)OC(C)(C)C)C(=O)NC1CCN(Cc2ccc3ccccc3c2)C1. The minimum atomic E-state index is -0.552. The second-order valence-corrected chi connectivity index (χ2v) is 8.79. The summed E-state index contributed by atoms with van der Waals surface area (Å²) in [5.41, 5.74) is 0.723. The Morgan fingerprint density at radius 3 is 2.62 bits per heavy atom. The Morgan fingerprint density at radius 2 is 1.90 bits per heavy atom. The van der Waals surface area contributed by atoms with Crippen molar-refractivity contribution in [2.24, 2.45) is 0 Å². The number of carbonyl (C=O) groups excluding carboxylic acids is 2. The molecule has 1 saturated heterocycles. The molecule has 1 unspecified atom stereocenters. The highest BCUT2D eigenvalue weighted by Gasteiger charge is 2.26. The van der Waals surface area contributed by atoms with Gasteiger partial charge in [0.2, 0.25) is 0 Å². The fourth-order valence-corrected chi connectivity index (χ4v) is 3.61. The summed E-state index contributed by atoms with van der Waals surface area (Å²) in [6.07, 6.45) is 0.902. The van der Waals surface area contributed by atoms with Gasteiger partial charge in [-0.2, -0.15) is 0 Å². The number of fused-ring (bicyclic) bond motifs is 1. The predicted molar refractivity (Wildman–Crippen MR) is 115 cm³/mol. The average molecular weight is 398 g/mol. The zero-order chi connectivity index (χ0) is 21.0. The van der Waals surface area contributed by atoms with Crippen LogP contribution in [-0.4, -0.2) is 60.1 Å². The largest absolute Gasteiger partial charge is 0.459 e. The van der Waals surface area contributed by atoms with E-state index in [0.717, 1.165) is 26.1 Å². The number of urea groups is 1. The third-order valence-corrected chi connectivity index (χ3v) is 4.95. The van der Waals surface area contributed by atoms with Crippen LogP contribution < -0.4 is 5.32 Å². The van der Waals surface area contributed by atoms with Crippen molar-refractivity contribution in [2.45, 2.75) is 45.4 Å². The van der Waals surface area contributed by atoms with Gasteiger partial charge in [-0.25, -0.2) is 4.79 Å². The van der Waals surface area contributed by atoms with Crippen molar-refractivity contribution in [3.63, 3.8) is 0 Å². The lowest BCUT2D eigenvalue weighted by Gasteiger charge is -2.24. The summed E-state index contributed by atoms with van der Waals surface area (Å²) in [6.45, 7) is 7.99. The van der Waals surface area contributed by atoms with Crippen LogP contribution in [-0.2, 0) is 16.1 Å². The lowest BCUT2D eigenvalue weighted by molar-refractivity contribution is -0.155. The molecular formula is C23H31N3O3. The molecule has 1 fully saturated rings. The molecule has 0 aromatic heterocycles. The minimum absolute atomic E-state index is 0.0589. The van der Waals surface area contributed by atoms with Crippen LogP contribution in [0.5, 0.6) is 0 Å². The lowest BCUT2D eigenvalue weighted by atomic mass is 10.1. The Morgan fingerprint density at radius 1 is 1.17 bits per heavy atom. The smallest absolute Gasteiger partial charge is 0.326 e. The molecule has 1 heterocycles. The van der Waals surface area contributed by atoms with E-state index in [0.29, 0.717) is 0 Å². The van der Waals surface area contributed by atoms with Crippen LogP contribution in [0.25, 0.3) is 10.8 Å². The number of hydrogen-bond acceptors (Lipinski definition) is 4. The molecule has 3 rings (SSSR count). The summed E-state index contributed by atoms with van der Waals surface area (Å²) in [4.78, 5) is 28.0. The topological polar surface area (TPSA) is 61.9 Å². The predicted octanol–water partition coefficient (Wildman–Crippen LogP) is 3.40. The van der Waals surface area contributed by atoms with Crippen molar-refractivity contribution >= 4 is 22.8 Å². The zero-order valence-electron chi connectivity index (χ0n) is 17.8. The number of likely N-dealkylation sites (tertiary alicyclic amines) is 1. The molecule has 156 valence electrons. The number of amides is 2. The van der Waals surface area contributed by atoms with E-state index >= 15 is 0 Å². The van der Waals surface area contributed by atoms with Gasteiger partial charge in [-0.05, 0) is 49.6 Å². The quantitative estimate of drug-likeness (QED) is 0.786. The number of benzene rings is 2. The fourth-order valence-electron chi connectivity index (χ4n) is 3.61. The van der Waals surface area contributed by atoms with E-state index in [1.54, 1.807) is 7.05 Å². The van der Waals surface area contributed by atoms with Crippen LogP contribution in [0.3, 0.4) is 0 Å². The van der Waals surface area contributed by atoms with Gasteiger partial charge >= 0.3 is 12.0 Å². The van der Waals surface area contributed by atoms with Crippen LogP contribution in [0.4, 0.5) is 4.79 Å². The first-order valence-corrected chi connectivity index (χ1v) is 10.1. The molecule has 0 bridgehead atoms. The van der Waals surface area contributed by atoms with Crippen molar-refractivity contribution in [1.29, 1.82) is 0 Å². The summed E-state index contributed by atoms with van der Waals surface area (Å²) in [5, 5.41) is 5.52. The van der Waals surface area contributed by atoms with Gasteiger partial charge in [0.15, 0.2) is 0 Å². The molecule has 0 radical (unpaired) electrons. The van der Waals surface area contributed by atoms with Gasteiger partial charge < -0.3 is 15.0 Å². The average Bonchev–Trinajstić information content (AvgIpc) is 3.06. The van der Waals surface area contributed by atoms with Gasteiger partial charge in [0.05, 0.1) is 0 Å². The van der Waals surface area contributed by atoms with E-state index in [4.69, 9.17) is 4.74 Å². The van der Waals surface area contributed by atoms with Gasteiger partial charge in [-0.3, -0.25) is 9.69 Å². The number of carbonyl (C=O) groups is 2. The highest BCUT2D eigenvalue weighted by Crippen LogP contribution is 2.19. The number of rotatable bonds is 5. The van der Waals surface area contributed by atoms with Crippen molar-refractivity contribution < 1.29 is 14.3 Å². The van der Waals surface area contributed by atoms with Gasteiger partial charge in [-0.1, -0.05) is 36.4 Å². The van der Waals surface area contributed by atoms with Crippen LogP contribution in [0.1, 0.15) is 32.8 Å². The summed E-state index contributed by atoms with van der Waals surface area (Å²) in [7, 11) is 1.61. The van der Waals surface area contributed by atoms with Crippen LogP contribution >= 0.6 is 0 Å². The second-order valence-electron chi connectivity index (χ2n) is 8.79. The highest BCUT2D eigenvalue weighted by molar-refractivity contribution is 5.83. The number of nitrogens with zero attached hydrogens (tertiary/aromatic N) is 2. The normalized spacial score (nSPS) is 17.3. The molecule has 1 aliphatic rings. The molecule has 6 heteroatoms. The summed E-state index contributed by atoms with van der Waals surface area (Å²) < 4.78 is 5.27. The van der Waals surface area contributed by atoms with E-state index in [9.17, 15) is 9.59 Å². The molecule has 6 nitrogen and oxygen atoms in total. The molecule has 0 saturated carbocycles. The number of hydrogen-bond donors (Lipinski definition) is 1. The van der Waals surface area contributed by atoms with Crippen LogP contribution in [0.2, 0.25) is 0 Å². The summed E-state index contributed by atoms with van der Waals surface area (Å²) in [5.74, 6) is -0.403. The van der Waals surface area contributed by atoms with E-state index in [2.05, 4.69) is 52.7 Å². The molecular weight excluding hydrogens is 366 g/mol. The van der Waals surface area contributed by atoms with E-state index in [1.807, 2.05) is 20.8 Å². The Labute approximate surface area is 172 Å². The van der Waals surface area contributed by atoms with Crippen LogP contribution in [0.15, 0.2) is 42.5 Å². The van der Waals surface area contributed by atoms with E-state index < -0.39 is 11.6 Å². The van der Waals surface area contributed by atoms with Crippen LogP contribution in [0, 0.1) is 0 Å². The standard InChI is InChI=1S/C23H31N3O3/c1-23(2,3)29-21(27)16-25(4)22(28)24-20-11-12-26(15-20)14-17-9-10-18-7-5-6-8-19(18)13-17/h5-10,13,20H,11-12,14-16H2,1-4H3,(H,24,28). The van der Waals surface area contributed by atoms with Gasteiger partial charge in [0, 0.05) is 32.7 Å². The monoisotopic (exact) mass is 397 g/mol. The molecule has 2 aromatic carbocycles. The number of likely N-dealkylation sites (N-methyl/N-ethyl adjacent to an activating group) is 1. The lowest BCUT2D eigenvalue weighted by Crippen LogP contribution is -2.46. The summed E-state index contributed by atoms with van der Waals surface area (Å²) >= 11 is 0. The molecule has 1 N–H and O–H groups in total. The first kappa shape index (κ1) is 21.1. The number of nitrogens with one attached hydrogen (secondary N) is 1. The van der Waals surface area contributed by atoms with Gasteiger partial charge in [-0.15, -0.1) is 0 Å². The van der Waals surface area contributed by atoms with Crippen molar-refractivity contribution in [3.05, 3.63) is 48.0 Å². The molecule has 1 aliphatic heterocycles. The third kappa shape index (κ3) is 6.19. The summed E-state index contributed by atoms with van der Waals surface area (Å²) in [6, 6.07) is 14.8. The molecule has 0 aliphatic carbocycles. The minimum Gasteiger partial charge on any atom is -0.459 e. The van der Waals surface area contributed by atoms with E-state index in [-0.39, 0.29) is 18.6 Å². The first-order chi connectivity index (χ1) is 13.7. The molecule has 29 heavy (non-hydrogen) atoms. The number of esters is 1. The Bertz CT molecular complexity index is 875. The molecule has 2 aromatic rings. The van der Waals surface area contributed by atoms with Crippen molar-refractivity contribution in [2.75, 3.05) is 26.7 Å². The van der Waals surface area contributed by atoms with Crippen molar-refractivity contribution in [1.82, 2.24) is 15.1 Å². The Kier molecular flexibility index (Phi) is 6.42. The van der Waals surface area contributed by atoms with Crippen molar-refractivity contribution in [3.8, 4) is 0 Å². The van der Waals surface area contributed by atoms with Gasteiger partial charge in [0.25, 0.3) is 0 Å². The van der Waals surface area contributed by atoms with E-state index in [1.165, 1.54) is 21.2 Å². The molecule has 0 spiro atoms. The van der Waals surface area contributed by atoms with Gasteiger partial charge in [0.1, 0.15) is 12.1 Å². The number of ether oxygens (including phenoxy) is 1. The first-order valence-electron chi connectivity index (χ1n) is 10.1. The molecule has 1 atom stereocenters. The highest BCUT2D eigenvalue weighted by atomic mass is 16.6. The Hall–Kier alpha value is -2.60. The molecule has 2 amide bonds. The zero-order valence-corrected chi connectivity index (χ0v) is 17.8. The maximum Gasteiger partial charge on any atom is 0.326 e. The maximum atomic E-state index is 12.4. The second kappa shape index (κ2) is 8.82. The fraction of sp³-hybridized carbons (Fsp3) is 0.478.